The molecule has 1 aromatic rings. The van der Waals surface area contributed by atoms with E-state index in [9.17, 15) is 13.6 Å². The van der Waals surface area contributed by atoms with Crippen molar-refractivity contribution in [2.75, 3.05) is 13.1 Å². The van der Waals surface area contributed by atoms with Gasteiger partial charge in [0, 0.05) is 12.6 Å². The molecule has 0 unspecified atom stereocenters. The summed E-state index contributed by atoms with van der Waals surface area (Å²) in [5.41, 5.74) is 0.934. The number of carbonyl (C=O) groups is 1. The molecule has 1 aliphatic rings. The Morgan fingerprint density at radius 2 is 2.10 bits per heavy atom. The smallest absolute Gasteiger partial charge is 0.407 e. The van der Waals surface area contributed by atoms with E-state index in [1.807, 2.05) is 37.3 Å². The average molecular weight is 284 g/mol. The summed E-state index contributed by atoms with van der Waals surface area (Å²) in [6, 6.07) is 8.13. The van der Waals surface area contributed by atoms with E-state index in [0.29, 0.717) is 0 Å². The van der Waals surface area contributed by atoms with Crippen molar-refractivity contribution in [1.82, 2.24) is 10.2 Å². The van der Waals surface area contributed by atoms with Crippen molar-refractivity contribution in [1.29, 1.82) is 0 Å². The number of piperidine rings is 1. The molecule has 20 heavy (non-hydrogen) atoms. The number of nitrogens with zero attached hydrogens (tertiary/aromatic N) is 1. The van der Waals surface area contributed by atoms with Gasteiger partial charge in [-0.2, -0.15) is 0 Å². The van der Waals surface area contributed by atoms with Crippen molar-refractivity contribution in [2.24, 2.45) is 0 Å². The number of halogens is 2. The lowest BCUT2D eigenvalue weighted by Gasteiger charge is -2.38. The zero-order valence-corrected chi connectivity index (χ0v) is 11.2. The predicted molar refractivity (Wildman–Crippen MR) is 70.9 cm³/mol. The Morgan fingerprint density at radius 3 is 2.65 bits per heavy atom. The normalized spacial score (nSPS) is 23.4. The summed E-state index contributed by atoms with van der Waals surface area (Å²) in [5.74, 6) is -3.06. The molecular formula is C14H18F2N2O2. The molecule has 2 atom stereocenters. The highest BCUT2D eigenvalue weighted by molar-refractivity contribution is 5.65. The van der Waals surface area contributed by atoms with Crippen molar-refractivity contribution in [3.05, 3.63) is 35.9 Å². The SMILES string of the molecule is C[C@@H](N[C@@H]1CCN(C(=O)O)CC1(F)F)c1ccccc1. The first-order valence-corrected chi connectivity index (χ1v) is 6.57. The number of likely N-dealkylation sites (tertiary alicyclic amines) is 1. The molecule has 1 fully saturated rings. The fourth-order valence-electron chi connectivity index (χ4n) is 2.45. The molecule has 1 saturated heterocycles. The van der Waals surface area contributed by atoms with Crippen LogP contribution in [0.25, 0.3) is 0 Å². The number of nitrogens with one attached hydrogen (secondary N) is 1. The van der Waals surface area contributed by atoms with Gasteiger partial charge in [-0.25, -0.2) is 13.6 Å². The molecule has 0 saturated carbocycles. The number of rotatable bonds is 3. The fourth-order valence-corrected chi connectivity index (χ4v) is 2.45. The molecule has 0 radical (unpaired) electrons. The average Bonchev–Trinajstić information content (AvgIpc) is 2.41. The second-order valence-electron chi connectivity index (χ2n) is 5.11. The standard InChI is InChI=1S/C14H18F2N2O2/c1-10(11-5-3-2-4-6-11)17-12-7-8-18(13(19)20)9-14(12,15)16/h2-6,10,12,17H,7-9H2,1H3,(H,19,20)/t10-,12-/m1/s1. The Balaban J connectivity index is 2.01. The lowest BCUT2D eigenvalue weighted by Crippen LogP contribution is -2.58. The van der Waals surface area contributed by atoms with Crippen molar-refractivity contribution >= 4 is 6.09 Å². The summed E-state index contributed by atoms with van der Waals surface area (Å²) >= 11 is 0. The third kappa shape index (κ3) is 3.25. The summed E-state index contributed by atoms with van der Waals surface area (Å²) in [5, 5.41) is 11.7. The third-order valence-corrected chi connectivity index (χ3v) is 3.62. The summed E-state index contributed by atoms with van der Waals surface area (Å²) < 4.78 is 28.0. The van der Waals surface area contributed by atoms with Gasteiger partial charge >= 0.3 is 6.09 Å². The molecule has 1 amide bonds. The fraction of sp³-hybridized carbons (Fsp3) is 0.500. The van der Waals surface area contributed by atoms with E-state index in [-0.39, 0.29) is 19.0 Å². The highest BCUT2D eigenvalue weighted by atomic mass is 19.3. The van der Waals surface area contributed by atoms with Crippen LogP contribution in [0.5, 0.6) is 0 Å². The minimum Gasteiger partial charge on any atom is -0.465 e. The van der Waals surface area contributed by atoms with E-state index in [1.54, 1.807) is 0 Å². The Hall–Kier alpha value is -1.69. The van der Waals surface area contributed by atoms with Crippen LogP contribution in [0, 0.1) is 0 Å². The highest BCUT2D eigenvalue weighted by Crippen LogP contribution is 2.29. The molecule has 0 bridgehead atoms. The molecule has 110 valence electrons. The lowest BCUT2D eigenvalue weighted by molar-refractivity contribution is -0.0860. The van der Waals surface area contributed by atoms with Crippen LogP contribution in [0.4, 0.5) is 13.6 Å². The van der Waals surface area contributed by atoms with Gasteiger partial charge in [-0.1, -0.05) is 30.3 Å². The molecule has 6 heteroatoms. The van der Waals surface area contributed by atoms with Crippen LogP contribution >= 0.6 is 0 Å². The Bertz CT molecular complexity index is 468. The number of benzene rings is 1. The number of hydrogen-bond donors (Lipinski definition) is 2. The molecule has 0 aromatic heterocycles. The van der Waals surface area contributed by atoms with Crippen LogP contribution < -0.4 is 5.32 Å². The van der Waals surface area contributed by atoms with Crippen LogP contribution in [0.2, 0.25) is 0 Å². The van der Waals surface area contributed by atoms with Crippen LogP contribution in [0.1, 0.15) is 24.9 Å². The predicted octanol–water partition coefficient (Wildman–Crippen LogP) is 2.72. The van der Waals surface area contributed by atoms with Crippen LogP contribution in [0.3, 0.4) is 0 Å². The maximum atomic E-state index is 14.0. The summed E-state index contributed by atoms with van der Waals surface area (Å²) in [6.07, 6.45) is -1.18. The minimum atomic E-state index is -3.06. The first kappa shape index (κ1) is 14.7. The topological polar surface area (TPSA) is 52.6 Å². The summed E-state index contributed by atoms with van der Waals surface area (Å²) in [4.78, 5) is 11.5. The number of amides is 1. The van der Waals surface area contributed by atoms with Gasteiger partial charge in [0.2, 0.25) is 0 Å². The molecule has 1 heterocycles. The molecular weight excluding hydrogens is 266 g/mol. The van der Waals surface area contributed by atoms with Crippen LogP contribution in [-0.2, 0) is 0 Å². The molecule has 0 spiro atoms. The second kappa shape index (κ2) is 5.75. The van der Waals surface area contributed by atoms with Gasteiger partial charge in [0.05, 0.1) is 12.6 Å². The van der Waals surface area contributed by atoms with Gasteiger partial charge in [0.1, 0.15) is 0 Å². The summed E-state index contributed by atoms with van der Waals surface area (Å²) in [6.45, 7) is 1.21. The van der Waals surface area contributed by atoms with Gasteiger partial charge in [-0.15, -0.1) is 0 Å². The minimum absolute atomic E-state index is 0.108. The van der Waals surface area contributed by atoms with Crippen molar-refractivity contribution in [3.63, 3.8) is 0 Å². The Morgan fingerprint density at radius 1 is 1.45 bits per heavy atom. The molecule has 1 aromatic carbocycles. The van der Waals surface area contributed by atoms with E-state index in [2.05, 4.69) is 5.32 Å². The van der Waals surface area contributed by atoms with E-state index in [0.717, 1.165) is 10.5 Å². The zero-order chi connectivity index (χ0) is 14.8. The van der Waals surface area contributed by atoms with Gasteiger partial charge < -0.3 is 15.3 Å². The van der Waals surface area contributed by atoms with Crippen molar-refractivity contribution in [2.45, 2.75) is 31.4 Å². The van der Waals surface area contributed by atoms with E-state index < -0.39 is 24.6 Å². The second-order valence-corrected chi connectivity index (χ2v) is 5.11. The lowest BCUT2D eigenvalue weighted by atomic mass is 9.98. The molecule has 2 rings (SSSR count). The molecule has 0 aliphatic carbocycles. The van der Waals surface area contributed by atoms with Gasteiger partial charge in [0.25, 0.3) is 5.92 Å². The van der Waals surface area contributed by atoms with E-state index in [4.69, 9.17) is 5.11 Å². The largest absolute Gasteiger partial charge is 0.465 e. The van der Waals surface area contributed by atoms with Gasteiger partial charge in [0.15, 0.2) is 0 Å². The Labute approximate surface area is 116 Å². The van der Waals surface area contributed by atoms with Gasteiger partial charge in [-0.3, -0.25) is 0 Å². The number of alkyl halides is 2. The van der Waals surface area contributed by atoms with Crippen LogP contribution in [-0.4, -0.2) is 41.2 Å². The number of carboxylic acid groups (broad SMARTS) is 1. The van der Waals surface area contributed by atoms with Gasteiger partial charge in [-0.05, 0) is 18.9 Å². The molecule has 1 aliphatic heterocycles. The summed E-state index contributed by atoms with van der Waals surface area (Å²) in [7, 11) is 0. The first-order chi connectivity index (χ1) is 9.40. The maximum absolute atomic E-state index is 14.0. The maximum Gasteiger partial charge on any atom is 0.407 e. The zero-order valence-electron chi connectivity index (χ0n) is 11.2. The first-order valence-electron chi connectivity index (χ1n) is 6.57. The number of hydrogen-bond acceptors (Lipinski definition) is 2. The monoisotopic (exact) mass is 284 g/mol. The van der Waals surface area contributed by atoms with E-state index in [1.165, 1.54) is 0 Å². The van der Waals surface area contributed by atoms with E-state index >= 15 is 0 Å². The highest BCUT2D eigenvalue weighted by Gasteiger charge is 2.46. The molecule has 2 N–H and O–H groups in total. The quantitative estimate of drug-likeness (QED) is 0.897. The Kier molecular flexibility index (Phi) is 4.23. The van der Waals surface area contributed by atoms with Crippen molar-refractivity contribution < 1.29 is 18.7 Å². The third-order valence-electron chi connectivity index (χ3n) is 3.62. The van der Waals surface area contributed by atoms with Crippen LogP contribution in [0.15, 0.2) is 30.3 Å². The van der Waals surface area contributed by atoms with Crippen molar-refractivity contribution in [3.8, 4) is 0 Å². The molecule has 4 nitrogen and oxygen atoms in total.